The lowest BCUT2D eigenvalue weighted by molar-refractivity contribution is -0.425. The second-order valence-electron chi connectivity index (χ2n) is 6.33. The third-order valence-corrected chi connectivity index (χ3v) is 5.44. The van der Waals surface area contributed by atoms with Crippen LogP contribution < -0.4 is 4.90 Å². The van der Waals surface area contributed by atoms with Gasteiger partial charge < -0.3 is 0 Å². The maximum absolute atomic E-state index is 3.73. The minimum Gasteiger partial charge on any atom is -0.228 e. The molecule has 0 unspecified atom stereocenters. The first-order valence-electron chi connectivity index (χ1n) is 7.78. The average molecular weight is 437 g/mol. The first-order chi connectivity index (χ1) is 10.9. The van der Waals surface area contributed by atoms with Gasteiger partial charge >= 0.3 is 0 Å². The summed E-state index contributed by atoms with van der Waals surface area (Å²) < 4.78 is 4.66. The number of aryl methyl sites for hydroxylation is 4. The van der Waals surface area contributed by atoms with Gasteiger partial charge in [0.15, 0.2) is 0 Å². The maximum atomic E-state index is 3.73. The summed E-state index contributed by atoms with van der Waals surface area (Å²) in [6.45, 7) is 10.6. The quantitative estimate of drug-likeness (QED) is 0.552. The fourth-order valence-corrected chi connectivity index (χ4v) is 5.19. The Balaban J connectivity index is 2.03. The molecule has 0 atom stereocenters. The fraction of sp³-hybridized carbons (Fsp3) is 0.316. The summed E-state index contributed by atoms with van der Waals surface area (Å²) in [6, 6.07) is 8.85. The second-order valence-corrected chi connectivity index (χ2v) is 8.04. The molecule has 1 aliphatic heterocycles. The number of halogens is 2. The molecule has 0 spiro atoms. The van der Waals surface area contributed by atoms with E-state index in [0.29, 0.717) is 0 Å². The van der Waals surface area contributed by atoms with Crippen molar-refractivity contribution < 1.29 is 4.58 Å². The molecule has 0 fully saturated rings. The summed E-state index contributed by atoms with van der Waals surface area (Å²) in [4.78, 5) is 2.34. The number of benzene rings is 2. The van der Waals surface area contributed by atoms with Gasteiger partial charge in [-0.3, -0.25) is 0 Å². The Morgan fingerprint density at radius 1 is 0.870 bits per heavy atom. The molecular weight excluding hydrogens is 416 g/mol. The topological polar surface area (TPSA) is 6.25 Å². The van der Waals surface area contributed by atoms with Gasteiger partial charge in [-0.15, -0.1) is 0 Å². The number of rotatable bonds is 2. The maximum Gasteiger partial charge on any atom is 0.244 e. The van der Waals surface area contributed by atoms with E-state index < -0.39 is 0 Å². The summed E-state index contributed by atoms with van der Waals surface area (Å²) >= 11 is 7.47. The first-order valence-corrected chi connectivity index (χ1v) is 9.37. The highest BCUT2D eigenvalue weighted by Gasteiger charge is 2.27. The van der Waals surface area contributed by atoms with Gasteiger partial charge in [0, 0.05) is 0 Å². The molecule has 3 rings (SSSR count). The van der Waals surface area contributed by atoms with Crippen molar-refractivity contribution in [2.75, 3.05) is 18.0 Å². The van der Waals surface area contributed by atoms with E-state index in [1.54, 1.807) is 0 Å². The predicted molar refractivity (Wildman–Crippen MR) is 105 cm³/mol. The molecule has 0 saturated heterocycles. The molecule has 23 heavy (non-hydrogen) atoms. The van der Waals surface area contributed by atoms with Gasteiger partial charge in [-0.2, -0.15) is 0 Å². The molecule has 0 N–H and O–H groups in total. The highest BCUT2D eigenvalue weighted by atomic mass is 79.9. The van der Waals surface area contributed by atoms with E-state index >= 15 is 0 Å². The first kappa shape index (κ1) is 16.7. The van der Waals surface area contributed by atoms with Crippen molar-refractivity contribution in [3.63, 3.8) is 0 Å². The van der Waals surface area contributed by atoms with Crippen LogP contribution in [0.25, 0.3) is 0 Å². The van der Waals surface area contributed by atoms with Crippen LogP contribution in [0, 0.1) is 27.7 Å². The Labute approximate surface area is 155 Å². The standard InChI is InChI=1S/C19H21Br2N2/c1-12-7-14(3)18(16(20)9-12)22-5-6-23(11-22)19-15(4)8-13(2)10-17(19)21/h7-11H,5-6H2,1-4H3/q+1. The molecule has 0 bridgehead atoms. The SMILES string of the molecule is Cc1cc(C)c(N2C=[N+](c3c(C)cc(C)cc3Br)CC2)c(Br)c1. The number of anilines is 1. The van der Waals surface area contributed by atoms with E-state index in [4.69, 9.17) is 0 Å². The zero-order valence-electron chi connectivity index (χ0n) is 14.0. The lowest BCUT2D eigenvalue weighted by atomic mass is 10.1. The minimum absolute atomic E-state index is 0.988. The van der Waals surface area contributed by atoms with Gasteiger partial charge in [0.25, 0.3) is 0 Å². The summed E-state index contributed by atoms with van der Waals surface area (Å²) in [5, 5.41) is 0. The predicted octanol–water partition coefficient (Wildman–Crippen LogP) is 5.64. The second kappa shape index (κ2) is 6.40. The third-order valence-electron chi connectivity index (χ3n) is 4.23. The number of hydrogen-bond acceptors (Lipinski definition) is 1. The minimum atomic E-state index is 0.988. The Bertz CT molecular complexity index is 763. The van der Waals surface area contributed by atoms with Gasteiger partial charge in [0.2, 0.25) is 6.34 Å². The number of hydrogen-bond donors (Lipinski definition) is 0. The molecule has 0 aliphatic carbocycles. The van der Waals surface area contributed by atoms with Crippen LogP contribution in [0.4, 0.5) is 11.4 Å². The van der Waals surface area contributed by atoms with Crippen LogP contribution in [0.1, 0.15) is 22.3 Å². The van der Waals surface area contributed by atoms with Crippen LogP contribution in [-0.2, 0) is 0 Å². The Morgan fingerprint density at radius 3 is 2.09 bits per heavy atom. The van der Waals surface area contributed by atoms with Crippen LogP contribution in [0.3, 0.4) is 0 Å². The van der Waals surface area contributed by atoms with Crippen LogP contribution >= 0.6 is 31.9 Å². The highest BCUT2D eigenvalue weighted by molar-refractivity contribution is 9.11. The molecule has 1 aliphatic rings. The van der Waals surface area contributed by atoms with Crippen molar-refractivity contribution in [2.24, 2.45) is 0 Å². The molecule has 120 valence electrons. The van der Waals surface area contributed by atoms with Gasteiger partial charge in [0.1, 0.15) is 24.5 Å². The monoisotopic (exact) mass is 435 g/mol. The van der Waals surface area contributed by atoms with E-state index in [-0.39, 0.29) is 0 Å². The molecule has 0 saturated carbocycles. The van der Waals surface area contributed by atoms with E-state index in [9.17, 15) is 0 Å². The molecule has 2 nitrogen and oxygen atoms in total. The molecule has 2 aromatic rings. The van der Waals surface area contributed by atoms with E-state index in [1.807, 2.05) is 0 Å². The summed E-state index contributed by atoms with van der Waals surface area (Å²) in [6.07, 6.45) is 2.23. The molecule has 4 heteroatoms. The van der Waals surface area contributed by atoms with Crippen LogP contribution in [0.2, 0.25) is 0 Å². The van der Waals surface area contributed by atoms with Crippen molar-refractivity contribution in [3.8, 4) is 0 Å². The van der Waals surface area contributed by atoms with Gasteiger partial charge in [0.05, 0.1) is 8.95 Å². The normalized spacial score (nSPS) is 14.3. The largest absolute Gasteiger partial charge is 0.244 e. The summed E-state index contributed by atoms with van der Waals surface area (Å²) in [5.41, 5.74) is 7.69. The molecule has 0 radical (unpaired) electrons. The van der Waals surface area contributed by atoms with Crippen molar-refractivity contribution in [2.45, 2.75) is 27.7 Å². The van der Waals surface area contributed by atoms with Crippen LogP contribution in [0.15, 0.2) is 33.2 Å². The van der Waals surface area contributed by atoms with E-state index in [2.05, 4.69) is 99.6 Å². The Hall–Kier alpha value is -1.13. The smallest absolute Gasteiger partial charge is 0.228 e. The summed E-state index contributed by atoms with van der Waals surface area (Å²) in [5.74, 6) is 0. The Kier molecular flexibility index (Phi) is 4.65. The molecule has 1 heterocycles. The number of nitrogens with zero attached hydrogens (tertiary/aromatic N) is 2. The van der Waals surface area contributed by atoms with E-state index in [0.717, 1.165) is 22.0 Å². The third kappa shape index (κ3) is 3.24. The zero-order chi connectivity index (χ0) is 16.7. The lowest BCUT2D eigenvalue weighted by Gasteiger charge is -2.12. The van der Waals surface area contributed by atoms with Crippen molar-refractivity contribution in [3.05, 3.63) is 55.5 Å². The average Bonchev–Trinajstić information content (AvgIpc) is 2.85. The molecule has 0 amide bonds. The van der Waals surface area contributed by atoms with E-state index in [1.165, 1.54) is 33.6 Å². The van der Waals surface area contributed by atoms with Crippen molar-refractivity contribution in [1.82, 2.24) is 0 Å². The molecule has 0 aromatic heterocycles. The van der Waals surface area contributed by atoms with Crippen LogP contribution in [0.5, 0.6) is 0 Å². The Morgan fingerprint density at radius 2 is 1.48 bits per heavy atom. The van der Waals surface area contributed by atoms with Gasteiger partial charge in [-0.1, -0.05) is 12.1 Å². The molecule has 2 aromatic carbocycles. The molecular formula is C19H21Br2N2+. The van der Waals surface area contributed by atoms with Gasteiger partial charge in [-0.25, -0.2) is 9.48 Å². The fourth-order valence-electron chi connectivity index (χ4n) is 3.38. The van der Waals surface area contributed by atoms with Crippen molar-refractivity contribution in [1.29, 1.82) is 0 Å². The van der Waals surface area contributed by atoms with Crippen molar-refractivity contribution >= 4 is 49.6 Å². The van der Waals surface area contributed by atoms with Gasteiger partial charge in [-0.05, 0) is 93.9 Å². The highest BCUT2D eigenvalue weighted by Crippen LogP contribution is 2.34. The zero-order valence-corrected chi connectivity index (χ0v) is 17.1. The van der Waals surface area contributed by atoms with Crippen LogP contribution in [-0.4, -0.2) is 24.0 Å². The lowest BCUT2D eigenvalue weighted by Crippen LogP contribution is -2.19. The summed E-state index contributed by atoms with van der Waals surface area (Å²) in [7, 11) is 0.